The van der Waals surface area contributed by atoms with Gasteiger partial charge in [-0.25, -0.2) is 0 Å². The van der Waals surface area contributed by atoms with Gasteiger partial charge in [-0.05, 0) is 48.9 Å². The number of hydrogen-bond donors (Lipinski definition) is 1. The largest absolute Gasteiger partial charge is 0.385 e. The van der Waals surface area contributed by atoms with Crippen molar-refractivity contribution in [3.63, 3.8) is 0 Å². The van der Waals surface area contributed by atoms with E-state index >= 15 is 0 Å². The molecule has 2 unspecified atom stereocenters. The standard InChI is InChI=1S/C14H20ClN/c1-11-3-2-4-12(9-11)10-16-14-7-5-13(15)6-8-14/h5-8,11-12,16H,2-4,9-10H2,1H3. The van der Waals surface area contributed by atoms with Crippen molar-refractivity contribution in [2.24, 2.45) is 11.8 Å². The number of anilines is 1. The monoisotopic (exact) mass is 237 g/mol. The molecule has 1 aliphatic carbocycles. The van der Waals surface area contributed by atoms with Gasteiger partial charge in [-0.2, -0.15) is 0 Å². The first-order valence-electron chi connectivity index (χ1n) is 6.23. The van der Waals surface area contributed by atoms with Gasteiger partial charge in [-0.3, -0.25) is 0 Å². The first-order chi connectivity index (χ1) is 7.74. The highest BCUT2D eigenvalue weighted by Crippen LogP contribution is 2.28. The Balaban J connectivity index is 1.80. The molecular formula is C14H20ClN. The third kappa shape index (κ3) is 3.41. The Kier molecular flexibility index (Phi) is 4.11. The fourth-order valence-electron chi connectivity index (χ4n) is 2.58. The molecule has 1 saturated carbocycles. The predicted octanol–water partition coefficient (Wildman–Crippen LogP) is 4.58. The van der Waals surface area contributed by atoms with Crippen LogP contribution < -0.4 is 5.32 Å². The summed E-state index contributed by atoms with van der Waals surface area (Å²) in [6.45, 7) is 3.47. The molecule has 16 heavy (non-hydrogen) atoms. The van der Waals surface area contributed by atoms with Crippen molar-refractivity contribution < 1.29 is 0 Å². The highest BCUT2D eigenvalue weighted by molar-refractivity contribution is 6.30. The number of hydrogen-bond acceptors (Lipinski definition) is 1. The van der Waals surface area contributed by atoms with E-state index in [9.17, 15) is 0 Å². The molecule has 0 aliphatic heterocycles. The molecule has 0 radical (unpaired) electrons. The molecule has 2 atom stereocenters. The highest BCUT2D eigenvalue weighted by atomic mass is 35.5. The summed E-state index contributed by atoms with van der Waals surface area (Å²) in [6, 6.07) is 7.98. The number of halogens is 1. The van der Waals surface area contributed by atoms with E-state index in [1.807, 2.05) is 12.1 Å². The predicted molar refractivity (Wildman–Crippen MR) is 71.1 cm³/mol. The van der Waals surface area contributed by atoms with Crippen LogP contribution in [-0.4, -0.2) is 6.54 Å². The lowest BCUT2D eigenvalue weighted by Crippen LogP contribution is -2.20. The number of rotatable bonds is 3. The molecule has 1 aliphatic rings. The molecule has 1 fully saturated rings. The van der Waals surface area contributed by atoms with Crippen molar-refractivity contribution >= 4 is 17.3 Å². The van der Waals surface area contributed by atoms with Crippen LogP contribution in [0.25, 0.3) is 0 Å². The van der Waals surface area contributed by atoms with Gasteiger partial charge in [0.2, 0.25) is 0 Å². The minimum Gasteiger partial charge on any atom is -0.385 e. The Morgan fingerprint density at radius 1 is 1.25 bits per heavy atom. The van der Waals surface area contributed by atoms with Crippen molar-refractivity contribution in [3.8, 4) is 0 Å². The molecule has 0 spiro atoms. The molecule has 88 valence electrons. The second-order valence-electron chi connectivity index (χ2n) is 5.03. The maximum absolute atomic E-state index is 5.85. The third-order valence-corrected chi connectivity index (χ3v) is 3.74. The Bertz CT molecular complexity index is 320. The van der Waals surface area contributed by atoms with E-state index in [4.69, 9.17) is 11.6 Å². The van der Waals surface area contributed by atoms with E-state index in [1.54, 1.807) is 0 Å². The maximum atomic E-state index is 5.85. The first kappa shape index (κ1) is 11.8. The van der Waals surface area contributed by atoms with Crippen LogP contribution in [0.5, 0.6) is 0 Å². The van der Waals surface area contributed by atoms with Crippen LogP contribution in [0, 0.1) is 11.8 Å². The molecule has 2 heteroatoms. The van der Waals surface area contributed by atoms with Crippen LogP contribution >= 0.6 is 11.6 Å². The Hall–Kier alpha value is -0.690. The van der Waals surface area contributed by atoms with Crippen molar-refractivity contribution in [2.45, 2.75) is 32.6 Å². The van der Waals surface area contributed by atoms with Gasteiger partial charge < -0.3 is 5.32 Å². The summed E-state index contributed by atoms with van der Waals surface area (Å²) in [4.78, 5) is 0. The topological polar surface area (TPSA) is 12.0 Å². The fraction of sp³-hybridized carbons (Fsp3) is 0.571. The number of benzene rings is 1. The summed E-state index contributed by atoms with van der Waals surface area (Å²) in [5.41, 5.74) is 1.18. The first-order valence-corrected chi connectivity index (χ1v) is 6.61. The van der Waals surface area contributed by atoms with Crippen LogP contribution in [0.3, 0.4) is 0 Å². The van der Waals surface area contributed by atoms with E-state index < -0.39 is 0 Å². The van der Waals surface area contributed by atoms with E-state index in [2.05, 4.69) is 24.4 Å². The molecule has 1 aromatic carbocycles. The normalized spacial score (nSPS) is 25.4. The second-order valence-corrected chi connectivity index (χ2v) is 5.46. The minimum absolute atomic E-state index is 0.803. The highest BCUT2D eigenvalue weighted by Gasteiger charge is 2.18. The van der Waals surface area contributed by atoms with Gasteiger partial charge in [-0.15, -0.1) is 0 Å². The second kappa shape index (κ2) is 5.58. The Morgan fingerprint density at radius 2 is 2.00 bits per heavy atom. The van der Waals surface area contributed by atoms with Gasteiger partial charge in [0.25, 0.3) is 0 Å². The third-order valence-electron chi connectivity index (χ3n) is 3.48. The van der Waals surface area contributed by atoms with Gasteiger partial charge in [0.15, 0.2) is 0 Å². The van der Waals surface area contributed by atoms with E-state index in [0.717, 1.165) is 23.4 Å². The minimum atomic E-state index is 0.803. The molecule has 0 aromatic heterocycles. The van der Waals surface area contributed by atoms with Gasteiger partial charge in [0, 0.05) is 17.3 Å². The van der Waals surface area contributed by atoms with Crippen LogP contribution in [0.2, 0.25) is 5.02 Å². The van der Waals surface area contributed by atoms with Crippen LogP contribution in [0.4, 0.5) is 5.69 Å². The fourth-order valence-corrected chi connectivity index (χ4v) is 2.70. The lowest BCUT2D eigenvalue weighted by Gasteiger charge is -2.27. The van der Waals surface area contributed by atoms with Gasteiger partial charge in [-0.1, -0.05) is 31.4 Å². The van der Waals surface area contributed by atoms with Gasteiger partial charge >= 0.3 is 0 Å². The summed E-state index contributed by atoms with van der Waals surface area (Å²) >= 11 is 5.85. The van der Waals surface area contributed by atoms with Gasteiger partial charge in [0.1, 0.15) is 0 Å². The molecular weight excluding hydrogens is 218 g/mol. The SMILES string of the molecule is CC1CCCC(CNc2ccc(Cl)cc2)C1. The van der Waals surface area contributed by atoms with Crippen molar-refractivity contribution in [1.29, 1.82) is 0 Å². The molecule has 1 nitrogen and oxygen atoms in total. The average molecular weight is 238 g/mol. The van der Waals surface area contributed by atoms with Crippen LogP contribution in [0.15, 0.2) is 24.3 Å². The van der Waals surface area contributed by atoms with E-state index in [-0.39, 0.29) is 0 Å². The molecule has 1 N–H and O–H groups in total. The lowest BCUT2D eigenvalue weighted by molar-refractivity contribution is 0.293. The Labute approximate surface area is 103 Å². The zero-order chi connectivity index (χ0) is 11.4. The maximum Gasteiger partial charge on any atom is 0.0407 e. The quantitative estimate of drug-likeness (QED) is 0.812. The smallest absolute Gasteiger partial charge is 0.0407 e. The van der Waals surface area contributed by atoms with Crippen LogP contribution in [-0.2, 0) is 0 Å². The van der Waals surface area contributed by atoms with E-state index in [1.165, 1.54) is 31.4 Å². The molecule has 0 saturated heterocycles. The average Bonchev–Trinajstić information content (AvgIpc) is 2.28. The van der Waals surface area contributed by atoms with Crippen molar-refractivity contribution in [3.05, 3.63) is 29.3 Å². The molecule has 0 heterocycles. The summed E-state index contributed by atoms with van der Waals surface area (Å²) in [7, 11) is 0. The number of nitrogens with one attached hydrogen (secondary N) is 1. The van der Waals surface area contributed by atoms with Crippen molar-refractivity contribution in [1.82, 2.24) is 0 Å². The Morgan fingerprint density at radius 3 is 2.69 bits per heavy atom. The summed E-state index contributed by atoms with van der Waals surface area (Å²) in [5, 5.41) is 4.31. The zero-order valence-corrected chi connectivity index (χ0v) is 10.6. The molecule has 0 bridgehead atoms. The van der Waals surface area contributed by atoms with Crippen LogP contribution in [0.1, 0.15) is 32.6 Å². The summed E-state index contributed by atoms with van der Waals surface area (Å²) in [5.74, 6) is 1.75. The summed E-state index contributed by atoms with van der Waals surface area (Å²) < 4.78 is 0. The van der Waals surface area contributed by atoms with Crippen molar-refractivity contribution in [2.75, 3.05) is 11.9 Å². The summed E-state index contributed by atoms with van der Waals surface area (Å²) in [6.07, 6.45) is 5.57. The zero-order valence-electron chi connectivity index (χ0n) is 9.88. The molecule has 0 amide bonds. The molecule has 2 rings (SSSR count). The lowest BCUT2D eigenvalue weighted by atomic mass is 9.82. The van der Waals surface area contributed by atoms with Gasteiger partial charge in [0.05, 0.1) is 0 Å². The molecule has 1 aromatic rings. The van der Waals surface area contributed by atoms with E-state index in [0.29, 0.717) is 0 Å².